The van der Waals surface area contributed by atoms with Crippen LogP contribution in [0.5, 0.6) is 0 Å². The van der Waals surface area contributed by atoms with Crippen molar-refractivity contribution in [2.24, 2.45) is 5.92 Å². The Hall–Kier alpha value is -0.350. The maximum atomic E-state index is 4.63. The Morgan fingerprint density at radius 1 is 1.47 bits per heavy atom. The average Bonchev–Trinajstić information content (AvgIpc) is 3.01. The van der Waals surface area contributed by atoms with Gasteiger partial charge in [0.05, 0.1) is 5.69 Å². The van der Waals surface area contributed by atoms with Crippen LogP contribution in [0.2, 0.25) is 0 Å². The van der Waals surface area contributed by atoms with E-state index in [-0.39, 0.29) is 0 Å². The van der Waals surface area contributed by atoms with Crippen LogP contribution in [0.1, 0.15) is 37.8 Å². The molecule has 0 radical (unpaired) electrons. The normalized spacial score (nSPS) is 19.1. The lowest BCUT2D eigenvalue weighted by Gasteiger charge is -2.15. The summed E-state index contributed by atoms with van der Waals surface area (Å²) in [5.41, 5.74) is 1.24. The number of alkyl halides is 1. The highest BCUT2D eigenvalue weighted by molar-refractivity contribution is 9.09. The number of fused-ring (bicyclic) bond motifs is 1. The van der Waals surface area contributed by atoms with E-state index in [1.165, 1.54) is 37.8 Å². The van der Waals surface area contributed by atoms with E-state index in [0.29, 0.717) is 4.83 Å². The zero-order chi connectivity index (χ0) is 11.7. The van der Waals surface area contributed by atoms with Gasteiger partial charge in [-0.3, -0.25) is 4.40 Å². The van der Waals surface area contributed by atoms with Crippen LogP contribution in [-0.2, 0) is 6.42 Å². The summed E-state index contributed by atoms with van der Waals surface area (Å²) in [6.07, 6.45) is 12.2. The van der Waals surface area contributed by atoms with Crippen LogP contribution in [0.15, 0.2) is 17.8 Å². The molecule has 2 aromatic heterocycles. The molecule has 4 heteroatoms. The molecule has 1 fully saturated rings. The smallest absolute Gasteiger partial charge is 0.193 e. The van der Waals surface area contributed by atoms with E-state index in [0.717, 1.165) is 17.3 Å². The molecule has 1 aliphatic carbocycles. The Labute approximate surface area is 114 Å². The Balaban J connectivity index is 1.58. The van der Waals surface area contributed by atoms with E-state index in [2.05, 4.69) is 43.1 Å². The Morgan fingerprint density at radius 2 is 2.29 bits per heavy atom. The molecule has 0 spiro atoms. The largest absolute Gasteiger partial charge is 0.297 e. The SMILES string of the molecule is BrC(CCc1cn2ccsc2n1)C1CCCC1. The van der Waals surface area contributed by atoms with Crippen LogP contribution in [0.3, 0.4) is 0 Å². The second-order valence-corrected chi connectivity index (χ2v) is 6.97. The van der Waals surface area contributed by atoms with Crippen LogP contribution < -0.4 is 0 Å². The van der Waals surface area contributed by atoms with Gasteiger partial charge in [-0.2, -0.15) is 0 Å². The van der Waals surface area contributed by atoms with E-state index in [4.69, 9.17) is 0 Å². The van der Waals surface area contributed by atoms with E-state index in [1.54, 1.807) is 11.3 Å². The molecule has 0 bridgehead atoms. The molecule has 2 nitrogen and oxygen atoms in total. The summed E-state index contributed by atoms with van der Waals surface area (Å²) >= 11 is 5.57. The van der Waals surface area contributed by atoms with Gasteiger partial charge in [0.1, 0.15) is 0 Å². The van der Waals surface area contributed by atoms with E-state index in [1.807, 2.05) is 0 Å². The number of imidazole rings is 1. The number of rotatable bonds is 4. The summed E-state index contributed by atoms with van der Waals surface area (Å²) in [4.78, 5) is 6.43. The Morgan fingerprint density at radius 3 is 3.06 bits per heavy atom. The molecule has 0 aromatic carbocycles. The summed E-state index contributed by atoms with van der Waals surface area (Å²) in [5.74, 6) is 0.902. The molecule has 92 valence electrons. The van der Waals surface area contributed by atoms with Gasteiger partial charge in [0.25, 0.3) is 0 Å². The quantitative estimate of drug-likeness (QED) is 0.770. The van der Waals surface area contributed by atoms with Crippen LogP contribution in [-0.4, -0.2) is 14.2 Å². The second kappa shape index (κ2) is 5.11. The fourth-order valence-corrected chi connectivity index (χ4v) is 4.21. The van der Waals surface area contributed by atoms with Crippen molar-refractivity contribution in [3.63, 3.8) is 0 Å². The standard InChI is InChI=1S/C13H17BrN2S/c14-12(10-3-1-2-4-10)6-5-11-9-16-7-8-17-13(16)15-11/h7-10,12H,1-6H2. The first-order chi connectivity index (χ1) is 8.33. The second-order valence-electron chi connectivity index (χ2n) is 4.92. The third-order valence-electron chi connectivity index (χ3n) is 3.73. The van der Waals surface area contributed by atoms with Gasteiger partial charge in [0, 0.05) is 22.6 Å². The van der Waals surface area contributed by atoms with Gasteiger partial charge < -0.3 is 0 Å². The first-order valence-electron chi connectivity index (χ1n) is 6.38. The van der Waals surface area contributed by atoms with Crippen molar-refractivity contribution in [3.05, 3.63) is 23.5 Å². The van der Waals surface area contributed by atoms with Crippen LogP contribution >= 0.6 is 27.3 Å². The highest BCUT2D eigenvalue weighted by Gasteiger charge is 2.22. The number of thiazole rings is 1. The van der Waals surface area contributed by atoms with Gasteiger partial charge in [0.2, 0.25) is 0 Å². The van der Waals surface area contributed by atoms with Gasteiger partial charge in [0.15, 0.2) is 4.96 Å². The van der Waals surface area contributed by atoms with Crippen LogP contribution in [0, 0.1) is 5.92 Å². The zero-order valence-electron chi connectivity index (χ0n) is 9.81. The van der Waals surface area contributed by atoms with Gasteiger partial charge in [-0.1, -0.05) is 28.8 Å². The highest BCUT2D eigenvalue weighted by atomic mass is 79.9. The van der Waals surface area contributed by atoms with Gasteiger partial charge in [-0.05, 0) is 31.6 Å². The molecule has 1 atom stereocenters. The summed E-state index contributed by atoms with van der Waals surface area (Å²) in [5, 5.41) is 2.08. The molecule has 17 heavy (non-hydrogen) atoms. The first-order valence-corrected chi connectivity index (χ1v) is 8.17. The predicted octanol–water partition coefficient (Wildman–Crippen LogP) is 4.28. The van der Waals surface area contributed by atoms with Crippen molar-refractivity contribution < 1.29 is 0 Å². The number of aryl methyl sites for hydroxylation is 1. The van der Waals surface area contributed by atoms with E-state index >= 15 is 0 Å². The van der Waals surface area contributed by atoms with Crippen molar-refractivity contribution in [3.8, 4) is 0 Å². The molecule has 2 heterocycles. The fraction of sp³-hybridized carbons (Fsp3) is 0.615. The third kappa shape index (κ3) is 2.58. The molecule has 0 aliphatic heterocycles. The maximum Gasteiger partial charge on any atom is 0.193 e. The van der Waals surface area contributed by atoms with Crippen molar-refractivity contribution in [2.75, 3.05) is 0 Å². The summed E-state index contributed by atoms with van der Waals surface area (Å²) in [6.45, 7) is 0. The minimum Gasteiger partial charge on any atom is -0.297 e. The maximum absolute atomic E-state index is 4.63. The molecule has 3 rings (SSSR count). The number of hydrogen-bond donors (Lipinski definition) is 0. The third-order valence-corrected chi connectivity index (χ3v) is 5.71. The molecule has 1 aliphatic rings. The zero-order valence-corrected chi connectivity index (χ0v) is 12.2. The molecule has 0 N–H and O–H groups in total. The van der Waals surface area contributed by atoms with Gasteiger partial charge in [-0.15, -0.1) is 11.3 Å². The molecule has 0 amide bonds. The molecule has 1 saturated carbocycles. The van der Waals surface area contributed by atoms with Gasteiger partial charge in [-0.25, -0.2) is 4.98 Å². The monoisotopic (exact) mass is 312 g/mol. The van der Waals surface area contributed by atoms with Crippen LogP contribution in [0.25, 0.3) is 4.96 Å². The minimum atomic E-state index is 0.685. The number of nitrogens with zero attached hydrogens (tertiary/aromatic N) is 2. The molecule has 2 aromatic rings. The predicted molar refractivity (Wildman–Crippen MR) is 76.1 cm³/mol. The van der Waals surface area contributed by atoms with Crippen molar-refractivity contribution in [2.45, 2.75) is 43.4 Å². The summed E-state index contributed by atoms with van der Waals surface area (Å²) < 4.78 is 2.12. The fourth-order valence-electron chi connectivity index (χ4n) is 2.74. The van der Waals surface area contributed by atoms with Crippen LogP contribution in [0.4, 0.5) is 0 Å². The summed E-state index contributed by atoms with van der Waals surface area (Å²) in [6, 6.07) is 0. The molecular weight excluding hydrogens is 296 g/mol. The first kappa shape index (κ1) is 11.7. The average molecular weight is 313 g/mol. The molecule has 0 saturated heterocycles. The van der Waals surface area contributed by atoms with E-state index in [9.17, 15) is 0 Å². The highest BCUT2D eigenvalue weighted by Crippen LogP contribution is 2.33. The number of hydrogen-bond acceptors (Lipinski definition) is 2. The van der Waals surface area contributed by atoms with Gasteiger partial charge >= 0.3 is 0 Å². The molecular formula is C13H17BrN2S. The topological polar surface area (TPSA) is 17.3 Å². The lowest BCUT2D eigenvalue weighted by Crippen LogP contribution is -2.11. The lowest BCUT2D eigenvalue weighted by atomic mass is 10.00. The minimum absolute atomic E-state index is 0.685. The Kier molecular flexibility index (Phi) is 3.52. The van der Waals surface area contributed by atoms with Crippen molar-refractivity contribution in [1.82, 2.24) is 9.38 Å². The molecule has 1 unspecified atom stereocenters. The lowest BCUT2D eigenvalue weighted by molar-refractivity contribution is 0.504. The number of aromatic nitrogens is 2. The summed E-state index contributed by atoms with van der Waals surface area (Å²) in [7, 11) is 0. The number of halogens is 1. The van der Waals surface area contributed by atoms with E-state index < -0.39 is 0 Å². The Bertz CT molecular complexity index is 456. The van der Waals surface area contributed by atoms with Crippen molar-refractivity contribution >= 4 is 32.2 Å². The van der Waals surface area contributed by atoms with Crippen molar-refractivity contribution in [1.29, 1.82) is 0 Å².